The maximum atomic E-state index is 5.87. The molecule has 0 spiro atoms. The maximum Gasteiger partial charge on any atom is 0.194 e. The van der Waals surface area contributed by atoms with E-state index < -0.39 is 0 Å². The van der Waals surface area contributed by atoms with Crippen LogP contribution >= 0.6 is 24.0 Å². The van der Waals surface area contributed by atoms with Crippen LogP contribution < -0.4 is 5.32 Å². The zero-order valence-corrected chi connectivity index (χ0v) is 20.8. The van der Waals surface area contributed by atoms with Gasteiger partial charge in [0.05, 0.1) is 0 Å². The quantitative estimate of drug-likeness (QED) is 0.230. The first-order chi connectivity index (χ1) is 14.3. The van der Waals surface area contributed by atoms with E-state index in [1.165, 1.54) is 5.56 Å². The van der Waals surface area contributed by atoms with Crippen LogP contribution in [0.3, 0.4) is 0 Å². The van der Waals surface area contributed by atoms with Gasteiger partial charge in [-0.2, -0.15) is 0 Å². The second-order valence-corrected chi connectivity index (χ2v) is 7.97. The Hall–Kier alpha value is -0.900. The molecule has 2 fully saturated rings. The molecule has 6 nitrogen and oxygen atoms in total. The molecule has 30 heavy (non-hydrogen) atoms. The number of halogens is 1. The van der Waals surface area contributed by atoms with Crippen LogP contribution in [0.15, 0.2) is 35.3 Å². The Labute approximate surface area is 199 Å². The minimum absolute atomic E-state index is 0. The van der Waals surface area contributed by atoms with Gasteiger partial charge in [-0.15, -0.1) is 24.0 Å². The first kappa shape index (κ1) is 25.4. The second kappa shape index (κ2) is 15.0. The summed E-state index contributed by atoms with van der Waals surface area (Å²) in [5.41, 5.74) is 1.39. The Bertz CT molecular complexity index is 588. The van der Waals surface area contributed by atoms with Crippen LogP contribution in [-0.2, 0) is 16.0 Å². The minimum atomic E-state index is 0. The Balaban J connectivity index is 0.00000320. The summed E-state index contributed by atoms with van der Waals surface area (Å²) in [6.07, 6.45) is 3.25. The summed E-state index contributed by atoms with van der Waals surface area (Å²) in [5, 5.41) is 3.46. The second-order valence-electron chi connectivity index (χ2n) is 7.97. The molecule has 0 unspecified atom stereocenters. The van der Waals surface area contributed by atoms with Gasteiger partial charge in [0.15, 0.2) is 5.96 Å². The van der Waals surface area contributed by atoms with Gasteiger partial charge in [-0.3, -0.25) is 9.89 Å². The molecule has 0 aliphatic carbocycles. The highest BCUT2D eigenvalue weighted by atomic mass is 127. The van der Waals surface area contributed by atoms with Crippen molar-refractivity contribution < 1.29 is 9.47 Å². The first-order valence-electron chi connectivity index (χ1n) is 11.3. The number of piperazine rings is 1. The van der Waals surface area contributed by atoms with Crippen LogP contribution in [-0.4, -0.2) is 81.5 Å². The molecule has 0 amide bonds. The molecule has 2 heterocycles. The van der Waals surface area contributed by atoms with E-state index in [2.05, 4.69) is 52.4 Å². The molecule has 1 aromatic rings. The lowest BCUT2D eigenvalue weighted by Crippen LogP contribution is -2.52. The number of benzene rings is 1. The van der Waals surface area contributed by atoms with E-state index in [9.17, 15) is 0 Å². The van der Waals surface area contributed by atoms with E-state index in [1.54, 1.807) is 0 Å². The number of nitrogens with one attached hydrogen (secondary N) is 1. The fourth-order valence-electron chi connectivity index (χ4n) is 3.90. The van der Waals surface area contributed by atoms with Gasteiger partial charge in [-0.05, 0) is 37.7 Å². The lowest BCUT2D eigenvalue weighted by molar-refractivity contribution is 0.0205. The van der Waals surface area contributed by atoms with Crippen molar-refractivity contribution in [1.29, 1.82) is 0 Å². The van der Waals surface area contributed by atoms with Crippen molar-refractivity contribution >= 4 is 29.9 Å². The predicted molar refractivity (Wildman–Crippen MR) is 134 cm³/mol. The fourth-order valence-corrected chi connectivity index (χ4v) is 3.90. The highest BCUT2D eigenvalue weighted by Crippen LogP contribution is 2.14. The third kappa shape index (κ3) is 9.08. The van der Waals surface area contributed by atoms with Gasteiger partial charge in [-0.25, -0.2) is 0 Å². The standard InChI is InChI=1S/C23H38N4O2.HI/c1-2-24-23(25-11-6-16-29-20-22-9-17-28-18-10-22)27-14-12-26(13-15-27)19-21-7-4-3-5-8-21;/h3-5,7-8,22H,2,6,9-20H2,1H3,(H,24,25);1H. The van der Waals surface area contributed by atoms with Crippen molar-refractivity contribution in [2.24, 2.45) is 10.9 Å². The minimum Gasteiger partial charge on any atom is -0.381 e. The molecule has 2 saturated heterocycles. The van der Waals surface area contributed by atoms with Crippen molar-refractivity contribution in [3.63, 3.8) is 0 Å². The Morgan fingerprint density at radius 1 is 1.13 bits per heavy atom. The molecule has 0 bridgehead atoms. The van der Waals surface area contributed by atoms with Crippen molar-refractivity contribution in [3.05, 3.63) is 35.9 Å². The molecule has 2 aliphatic rings. The summed E-state index contributed by atoms with van der Waals surface area (Å²) in [7, 11) is 0. The van der Waals surface area contributed by atoms with Gasteiger partial charge in [0, 0.05) is 72.2 Å². The van der Waals surface area contributed by atoms with Crippen LogP contribution in [0, 0.1) is 5.92 Å². The Morgan fingerprint density at radius 2 is 1.87 bits per heavy atom. The molecular formula is C23H39IN4O2. The number of guanidine groups is 1. The normalized spacial score (nSPS) is 18.8. The molecule has 1 aromatic carbocycles. The van der Waals surface area contributed by atoms with E-state index in [0.717, 1.165) is 97.5 Å². The number of nitrogens with zero attached hydrogens (tertiary/aromatic N) is 3. The average Bonchev–Trinajstić information content (AvgIpc) is 2.77. The summed E-state index contributed by atoms with van der Waals surface area (Å²) < 4.78 is 11.3. The Morgan fingerprint density at radius 3 is 2.57 bits per heavy atom. The monoisotopic (exact) mass is 530 g/mol. The predicted octanol–water partition coefficient (Wildman–Crippen LogP) is 3.22. The maximum absolute atomic E-state index is 5.87. The van der Waals surface area contributed by atoms with Gasteiger partial charge in [-0.1, -0.05) is 30.3 Å². The number of hydrogen-bond acceptors (Lipinski definition) is 4. The van der Waals surface area contributed by atoms with Gasteiger partial charge in [0.1, 0.15) is 0 Å². The smallest absolute Gasteiger partial charge is 0.194 e. The largest absolute Gasteiger partial charge is 0.381 e. The fraction of sp³-hybridized carbons (Fsp3) is 0.696. The zero-order chi connectivity index (χ0) is 20.2. The van der Waals surface area contributed by atoms with Crippen molar-refractivity contribution in [2.45, 2.75) is 32.7 Å². The van der Waals surface area contributed by atoms with E-state index in [4.69, 9.17) is 14.5 Å². The summed E-state index contributed by atoms with van der Waals surface area (Å²) in [4.78, 5) is 9.77. The molecule has 0 aromatic heterocycles. The number of aliphatic imine (C=N–C) groups is 1. The third-order valence-electron chi connectivity index (χ3n) is 5.66. The summed E-state index contributed by atoms with van der Waals surface area (Å²) in [6.45, 7) is 12.6. The van der Waals surface area contributed by atoms with Crippen molar-refractivity contribution in [2.75, 3.05) is 65.7 Å². The third-order valence-corrected chi connectivity index (χ3v) is 5.66. The highest BCUT2D eigenvalue weighted by Gasteiger charge is 2.19. The number of hydrogen-bond donors (Lipinski definition) is 1. The number of rotatable bonds is 9. The molecule has 2 aliphatic heterocycles. The average molecular weight is 530 g/mol. The topological polar surface area (TPSA) is 49.3 Å². The summed E-state index contributed by atoms with van der Waals surface area (Å²) in [5.74, 6) is 1.73. The molecule has 0 saturated carbocycles. The summed E-state index contributed by atoms with van der Waals surface area (Å²) in [6, 6.07) is 10.7. The van der Waals surface area contributed by atoms with E-state index >= 15 is 0 Å². The molecule has 7 heteroatoms. The van der Waals surface area contributed by atoms with E-state index in [1.807, 2.05) is 0 Å². The molecule has 170 valence electrons. The van der Waals surface area contributed by atoms with E-state index in [-0.39, 0.29) is 24.0 Å². The molecular weight excluding hydrogens is 491 g/mol. The van der Waals surface area contributed by atoms with Gasteiger partial charge >= 0.3 is 0 Å². The van der Waals surface area contributed by atoms with Crippen LogP contribution in [0.4, 0.5) is 0 Å². The van der Waals surface area contributed by atoms with E-state index in [0.29, 0.717) is 5.92 Å². The Kier molecular flexibility index (Phi) is 12.7. The van der Waals surface area contributed by atoms with Crippen LogP contribution in [0.1, 0.15) is 31.7 Å². The SMILES string of the molecule is CCNC(=NCCCOCC1CCOCC1)N1CCN(Cc2ccccc2)CC1.I. The highest BCUT2D eigenvalue weighted by molar-refractivity contribution is 14.0. The number of ether oxygens (including phenoxy) is 2. The first-order valence-corrected chi connectivity index (χ1v) is 11.3. The van der Waals surface area contributed by atoms with Gasteiger partial charge in [0.2, 0.25) is 0 Å². The lowest BCUT2D eigenvalue weighted by atomic mass is 10.0. The molecule has 1 N–H and O–H groups in total. The van der Waals surface area contributed by atoms with Crippen LogP contribution in [0.2, 0.25) is 0 Å². The lowest BCUT2D eigenvalue weighted by Gasteiger charge is -2.36. The van der Waals surface area contributed by atoms with Crippen LogP contribution in [0.5, 0.6) is 0 Å². The molecule has 0 radical (unpaired) electrons. The molecule has 3 rings (SSSR count). The van der Waals surface area contributed by atoms with Crippen molar-refractivity contribution in [1.82, 2.24) is 15.1 Å². The van der Waals surface area contributed by atoms with Gasteiger partial charge in [0.25, 0.3) is 0 Å². The molecule has 0 atom stereocenters. The van der Waals surface area contributed by atoms with Gasteiger partial charge < -0.3 is 19.7 Å². The van der Waals surface area contributed by atoms with Crippen LogP contribution in [0.25, 0.3) is 0 Å². The summed E-state index contributed by atoms with van der Waals surface area (Å²) >= 11 is 0. The zero-order valence-electron chi connectivity index (χ0n) is 18.4. The van der Waals surface area contributed by atoms with Crippen molar-refractivity contribution in [3.8, 4) is 0 Å².